The maximum Gasteiger partial charge on any atom is 0.419 e. The third-order valence-electron chi connectivity index (χ3n) is 2.75. The highest BCUT2D eigenvalue weighted by molar-refractivity contribution is 5.47. The maximum absolute atomic E-state index is 12.9. The summed E-state index contributed by atoms with van der Waals surface area (Å²) in [5, 5.41) is 0. The molecular weight excluding hydrogens is 257 g/mol. The van der Waals surface area contributed by atoms with Crippen molar-refractivity contribution in [2.75, 3.05) is 11.9 Å². The molecule has 0 saturated heterocycles. The molecule has 19 heavy (non-hydrogen) atoms. The maximum atomic E-state index is 12.9. The van der Waals surface area contributed by atoms with E-state index in [1.54, 1.807) is 31.1 Å². The first-order valence-corrected chi connectivity index (χ1v) is 5.59. The van der Waals surface area contributed by atoms with Crippen LogP contribution in [0.4, 0.5) is 19.0 Å². The van der Waals surface area contributed by atoms with Gasteiger partial charge in [-0.15, -0.1) is 0 Å². The van der Waals surface area contributed by atoms with Crippen LogP contribution in [0.1, 0.15) is 11.4 Å². The number of pyridine rings is 1. The molecule has 2 rings (SSSR count). The number of nitrogens with zero attached hydrogens (tertiary/aromatic N) is 4. The first-order valence-electron chi connectivity index (χ1n) is 5.59. The largest absolute Gasteiger partial charge is 0.419 e. The SMILES string of the molecule is CN(Cc1nccn1C)c1ncccc1C(F)(F)F. The van der Waals surface area contributed by atoms with Crippen molar-refractivity contribution in [2.24, 2.45) is 7.05 Å². The Morgan fingerprint density at radius 2 is 2.00 bits per heavy atom. The van der Waals surface area contributed by atoms with Crippen LogP contribution in [0.3, 0.4) is 0 Å². The van der Waals surface area contributed by atoms with Crippen LogP contribution in [-0.4, -0.2) is 21.6 Å². The molecule has 0 N–H and O–H groups in total. The third-order valence-corrected chi connectivity index (χ3v) is 2.75. The molecule has 0 aliphatic rings. The van der Waals surface area contributed by atoms with Crippen LogP contribution in [0.2, 0.25) is 0 Å². The zero-order chi connectivity index (χ0) is 14.0. The lowest BCUT2D eigenvalue weighted by Gasteiger charge is -2.21. The Kier molecular flexibility index (Phi) is 3.46. The average molecular weight is 270 g/mol. The molecule has 0 fully saturated rings. The number of hydrogen-bond acceptors (Lipinski definition) is 3. The van der Waals surface area contributed by atoms with Gasteiger partial charge in [-0.2, -0.15) is 13.2 Å². The minimum Gasteiger partial charge on any atom is -0.352 e. The molecule has 0 spiro atoms. The second-order valence-electron chi connectivity index (χ2n) is 4.18. The number of hydrogen-bond donors (Lipinski definition) is 0. The number of imidazole rings is 1. The Balaban J connectivity index is 2.29. The fraction of sp³-hybridized carbons (Fsp3) is 0.333. The average Bonchev–Trinajstić information content (AvgIpc) is 2.74. The zero-order valence-corrected chi connectivity index (χ0v) is 10.5. The monoisotopic (exact) mass is 270 g/mol. The quantitative estimate of drug-likeness (QED) is 0.859. The van der Waals surface area contributed by atoms with Gasteiger partial charge in [-0.1, -0.05) is 0 Å². The van der Waals surface area contributed by atoms with Crippen LogP contribution >= 0.6 is 0 Å². The molecule has 2 aromatic heterocycles. The smallest absolute Gasteiger partial charge is 0.352 e. The minimum atomic E-state index is -4.42. The number of halogens is 3. The van der Waals surface area contributed by atoms with Crippen LogP contribution in [0.25, 0.3) is 0 Å². The van der Waals surface area contributed by atoms with E-state index in [0.717, 1.165) is 6.07 Å². The second kappa shape index (κ2) is 4.91. The zero-order valence-electron chi connectivity index (χ0n) is 10.5. The Morgan fingerprint density at radius 1 is 1.26 bits per heavy atom. The number of rotatable bonds is 3. The van der Waals surface area contributed by atoms with Gasteiger partial charge in [0.2, 0.25) is 0 Å². The Hall–Kier alpha value is -2.05. The number of alkyl halides is 3. The lowest BCUT2D eigenvalue weighted by Crippen LogP contribution is -2.23. The predicted octanol–water partition coefficient (Wildman–Crippen LogP) is 2.47. The van der Waals surface area contributed by atoms with Crippen LogP contribution < -0.4 is 4.90 Å². The van der Waals surface area contributed by atoms with Crippen molar-refractivity contribution in [2.45, 2.75) is 12.7 Å². The summed E-state index contributed by atoms with van der Waals surface area (Å²) in [6, 6.07) is 2.30. The molecule has 0 bridgehead atoms. The molecule has 0 radical (unpaired) electrons. The normalized spacial score (nSPS) is 11.6. The van der Waals surface area contributed by atoms with Gasteiger partial charge in [-0.25, -0.2) is 9.97 Å². The Morgan fingerprint density at radius 3 is 2.58 bits per heavy atom. The van der Waals surface area contributed by atoms with Crippen molar-refractivity contribution in [3.05, 3.63) is 42.1 Å². The summed E-state index contributed by atoms with van der Waals surface area (Å²) in [5.41, 5.74) is -0.744. The molecule has 0 aromatic carbocycles. The lowest BCUT2D eigenvalue weighted by molar-refractivity contribution is -0.137. The molecule has 102 valence electrons. The summed E-state index contributed by atoms with van der Waals surface area (Å²) < 4.78 is 40.4. The van der Waals surface area contributed by atoms with Crippen LogP contribution in [0.15, 0.2) is 30.7 Å². The Labute approximate surface area is 108 Å². The summed E-state index contributed by atoms with van der Waals surface area (Å²) in [5.74, 6) is 0.569. The summed E-state index contributed by atoms with van der Waals surface area (Å²) in [6.07, 6.45) is 0.275. The first-order chi connectivity index (χ1) is 8.89. The predicted molar refractivity (Wildman–Crippen MR) is 64.6 cm³/mol. The molecular formula is C12H13F3N4. The second-order valence-corrected chi connectivity index (χ2v) is 4.18. The minimum absolute atomic E-state index is 0.0991. The van der Waals surface area contributed by atoms with Crippen molar-refractivity contribution >= 4 is 5.82 Å². The Bertz CT molecular complexity index is 562. The summed E-state index contributed by atoms with van der Waals surface area (Å²) >= 11 is 0. The highest BCUT2D eigenvalue weighted by atomic mass is 19.4. The van der Waals surface area contributed by atoms with E-state index < -0.39 is 11.7 Å². The standard InChI is InChI=1S/C12H13F3N4/c1-18-7-6-16-10(18)8-19(2)11-9(12(13,14)15)4-3-5-17-11/h3-7H,8H2,1-2H3. The van der Waals surface area contributed by atoms with E-state index in [0.29, 0.717) is 5.82 Å². The molecule has 2 aromatic rings. The fourth-order valence-electron chi connectivity index (χ4n) is 1.76. The van der Waals surface area contributed by atoms with Crippen LogP contribution in [0.5, 0.6) is 0 Å². The highest BCUT2D eigenvalue weighted by Gasteiger charge is 2.35. The van der Waals surface area contributed by atoms with E-state index in [4.69, 9.17) is 0 Å². The lowest BCUT2D eigenvalue weighted by atomic mass is 10.2. The van der Waals surface area contributed by atoms with Crippen molar-refractivity contribution in [3.8, 4) is 0 Å². The molecule has 0 amide bonds. The highest BCUT2D eigenvalue weighted by Crippen LogP contribution is 2.34. The molecule has 7 heteroatoms. The van der Waals surface area contributed by atoms with Gasteiger partial charge >= 0.3 is 6.18 Å². The van der Waals surface area contributed by atoms with Crippen molar-refractivity contribution in [3.63, 3.8) is 0 Å². The molecule has 0 aliphatic heterocycles. The van der Waals surface area contributed by atoms with E-state index in [2.05, 4.69) is 9.97 Å². The molecule has 0 unspecified atom stereocenters. The van der Waals surface area contributed by atoms with E-state index in [-0.39, 0.29) is 12.4 Å². The van der Waals surface area contributed by atoms with Crippen LogP contribution in [0, 0.1) is 0 Å². The molecule has 0 saturated carbocycles. The van der Waals surface area contributed by atoms with Gasteiger partial charge in [-0.3, -0.25) is 0 Å². The summed E-state index contributed by atoms with van der Waals surface area (Å²) in [4.78, 5) is 9.35. The number of aromatic nitrogens is 3. The van der Waals surface area contributed by atoms with Gasteiger partial charge in [0.15, 0.2) is 0 Å². The molecule has 2 heterocycles. The number of anilines is 1. The van der Waals surface area contributed by atoms with E-state index in [1.165, 1.54) is 17.2 Å². The summed E-state index contributed by atoms with van der Waals surface area (Å²) in [6.45, 7) is 0.254. The van der Waals surface area contributed by atoms with Gasteiger partial charge < -0.3 is 9.47 Å². The van der Waals surface area contributed by atoms with E-state index >= 15 is 0 Å². The summed E-state index contributed by atoms with van der Waals surface area (Å²) in [7, 11) is 3.35. The number of aryl methyl sites for hydroxylation is 1. The molecule has 0 aliphatic carbocycles. The van der Waals surface area contributed by atoms with Gasteiger partial charge in [-0.05, 0) is 12.1 Å². The third kappa shape index (κ3) is 2.86. The van der Waals surface area contributed by atoms with E-state index in [1.807, 2.05) is 0 Å². The first kappa shape index (κ1) is 13.4. The molecule has 0 atom stereocenters. The van der Waals surface area contributed by atoms with E-state index in [9.17, 15) is 13.2 Å². The van der Waals surface area contributed by atoms with Crippen molar-refractivity contribution in [1.29, 1.82) is 0 Å². The topological polar surface area (TPSA) is 34.0 Å². The van der Waals surface area contributed by atoms with Gasteiger partial charge in [0.05, 0.1) is 12.1 Å². The van der Waals surface area contributed by atoms with Crippen molar-refractivity contribution < 1.29 is 13.2 Å². The van der Waals surface area contributed by atoms with Crippen LogP contribution in [-0.2, 0) is 19.8 Å². The van der Waals surface area contributed by atoms with Gasteiger partial charge in [0.25, 0.3) is 0 Å². The van der Waals surface area contributed by atoms with Gasteiger partial charge in [0, 0.05) is 32.7 Å². The van der Waals surface area contributed by atoms with Gasteiger partial charge in [0.1, 0.15) is 11.6 Å². The van der Waals surface area contributed by atoms with Crippen molar-refractivity contribution in [1.82, 2.24) is 14.5 Å². The molecule has 4 nitrogen and oxygen atoms in total. The fourth-order valence-corrected chi connectivity index (χ4v) is 1.76.